The molecule has 0 aromatic heterocycles. The van der Waals surface area contributed by atoms with Crippen molar-refractivity contribution < 1.29 is 17.9 Å². The molecule has 6 heteroatoms. The van der Waals surface area contributed by atoms with Crippen LogP contribution in [-0.2, 0) is 21.2 Å². The Morgan fingerprint density at radius 3 is 2.75 bits per heavy atom. The highest BCUT2D eigenvalue weighted by atomic mass is 32.2. The Bertz CT molecular complexity index is 635. The molecule has 0 radical (unpaired) electrons. The Morgan fingerprint density at radius 1 is 1.25 bits per heavy atom. The molecule has 0 spiro atoms. The maximum atomic E-state index is 12.3. The average molecular weight is 295 g/mol. The second-order valence-corrected chi connectivity index (χ2v) is 6.94. The number of hydrogen-bond donors (Lipinski definition) is 1. The Kier molecular flexibility index (Phi) is 3.41. The van der Waals surface area contributed by atoms with E-state index in [2.05, 4.69) is 4.72 Å². The topological polar surface area (TPSA) is 72.5 Å². The van der Waals surface area contributed by atoms with E-state index in [1.165, 1.54) is 6.07 Å². The second-order valence-electron chi connectivity index (χ2n) is 5.29. The number of rotatable bonds is 3. The summed E-state index contributed by atoms with van der Waals surface area (Å²) in [6.07, 6.45) is 4.21. The molecule has 0 atom stereocenters. The molecule has 1 aliphatic heterocycles. The lowest BCUT2D eigenvalue weighted by atomic mass is 9.85. The van der Waals surface area contributed by atoms with Crippen LogP contribution in [-0.4, -0.2) is 20.9 Å². The number of nitrogens with one attached hydrogen (secondary N) is 1. The number of amides is 1. The molecule has 1 aromatic rings. The van der Waals surface area contributed by atoms with E-state index in [0.717, 1.165) is 37.7 Å². The first-order chi connectivity index (χ1) is 9.58. The van der Waals surface area contributed by atoms with Crippen LogP contribution in [0.4, 0.5) is 0 Å². The number of benzene rings is 1. The van der Waals surface area contributed by atoms with Crippen LogP contribution >= 0.6 is 0 Å². The zero-order valence-corrected chi connectivity index (χ0v) is 11.9. The monoisotopic (exact) mass is 295 g/mol. The van der Waals surface area contributed by atoms with Gasteiger partial charge in [-0.1, -0.05) is 18.6 Å². The molecule has 1 amide bonds. The van der Waals surface area contributed by atoms with Gasteiger partial charge in [0, 0.05) is 5.92 Å². The van der Waals surface area contributed by atoms with Gasteiger partial charge in [0.05, 0.1) is 6.61 Å². The predicted molar refractivity (Wildman–Crippen MR) is 72.9 cm³/mol. The highest BCUT2D eigenvalue weighted by Crippen LogP contribution is 2.32. The van der Waals surface area contributed by atoms with Crippen molar-refractivity contribution in [3.05, 3.63) is 23.8 Å². The van der Waals surface area contributed by atoms with E-state index in [1.807, 2.05) is 6.07 Å². The third-order valence-electron chi connectivity index (χ3n) is 3.90. The lowest BCUT2D eigenvalue weighted by Gasteiger charge is -2.25. The van der Waals surface area contributed by atoms with Gasteiger partial charge in [0.15, 0.2) is 0 Å². The largest absolute Gasteiger partial charge is 0.492 e. The molecule has 0 bridgehead atoms. The van der Waals surface area contributed by atoms with Gasteiger partial charge in [0.2, 0.25) is 5.91 Å². The molecule has 1 heterocycles. The van der Waals surface area contributed by atoms with Crippen molar-refractivity contribution in [2.24, 2.45) is 5.92 Å². The first-order valence-electron chi connectivity index (χ1n) is 6.89. The van der Waals surface area contributed by atoms with Gasteiger partial charge in [0.25, 0.3) is 10.0 Å². The molecule has 1 saturated carbocycles. The maximum Gasteiger partial charge on any atom is 0.267 e. The van der Waals surface area contributed by atoms with Crippen molar-refractivity contribution >= 4 is 15.9 Å². The number of carbonyl (C=O) groups excluding carboxylic acids is 1. The van der Waals surface area contributed by atoms with E-state index in [0.29, 0.717) is 12.4 Å². The summed E-state index contributed by atoms with van der Waals surface area (Å²) < 4.78 is 32.4. The Balaban J connectivity index is 1.89. The third-order valence-corrected chi connectivity index (χ3v) is 5.27. The molecule has 0 unspecified atom stereocenters. The normalized spacial score (nSPS) is 18.6. The number of para-hydroxylation sites is 1. The van der Waals surface area contributed by atoms with Crippen LogP contribution < -0.4 is 9.46 Å². The predicted octanol–water partition coefficient (Wildman–Crippen LogP) is 1.62. The summed E-state index contributed by atoms with van der Waals surface area (Å²) in [5.74, 6) is -0.164. The fraction of sp³-hybridized carbons (Fsp3) is 0.500. The molecular formula is C14H17NO4S. The Hall–Kier alpha value is -1.56. The minimum atomic E-state index is -3.85. The highest BCUT2D eigenvalue weighted by molar-refractivity contribution is 7.90. The molecule has 1 aliphatic carbocycles. The number of aryl methyl sites for hydroxylation is 1. The van der Waals surface area contributed by atoms with Gasteiger partial charge < -0.3 is 4.74 Å². The first kappa shape index (κ1) is 13.4. The molecule has 108 valence electrons. The summed E-state index contributed by atoms with van der Waals surface area (Å²) in [6, 6.07) is 5.04. The zero-order chi connectivity index (χ0) is 14.2. The standard InChI is InChI=1S/C14H17NO4S/c16-14(11-5-1-6-11)15-20(17,18)12-8-2-4-10-7-3-9-19-13(10)12/h2,4,8,11H,1,3,5-7,9H2,(H,15,16). The Labute approximate surface area is 118 Å². The summed E-state index contributed by atoms with van der Waals surface area (Å²) in [4.78, 5) is 11.9. The number of hydrogen-bond acceptors (Lipinski definition) is 4. The molecule has 1 fully saturated rings. The van der Waals surface area contributed by atoms with Crippen molar-refractivity contribution in [3.8, 4) is 5.75 Å². The van der Waals surface area contributed by atoms with Crippen LogP contribution in [0.3, 0.4) is 0 Å². The van der Waals surface area contributed by atoms with E-state index in [-0.39, 0.29) is 10.8 Å². The molecule has 1 N–H and O–H groups in total. The molecule has 2 aliphatic rings. The van der Waals surface area contributed by atoms with Crippen LogP contribution in [0, 0.1) is 5.92 Å². The summed E-state index contributed by atoms with van der Waals surface area (Å²) in [7, 11) is -3.85. The zero-order valence-electron chi connectivity index (χ0n) is 11.1. The van der Waals surface area contributed by atoms with Gasteiger partial charge in [-0.15, -0.1) is 0 Å². The SMILES string of the molecule is O=C(NS(=O)(=O)c1cccc2c1OCCC2)C1CCC1. The minimum absolute atomic E-state index is 0.0716. The molecule has 20 heavy (non-hydrogen) atoms. The van der Waals surface area contributed by atoms with E-state index < -0.39 is 15.9 Å². The lowest BCUT2D eigenvalue weighted by Crippen LogP contribution is -2.38. The van der Waals surface area contributed by atoms with E-state index in [4.69, 9.17) is 4.74 Å². The van der Waals surface area contributed by atoms with Crippen molar-refractivity contribution in [3.63, 3.8) is 0 Å². The van der Waals surface area contributed by atoms with Gasteiger partial charge in [-0.2, -0.15) is 0 Å². The van der Waals surface area contributed by atoms with E-state index in [1.54, 1.807) is 6.07 Å². The third kappa shape index (κ3) is 2.40. The van der Waals surface area contributed by atoms with Gasteiger partial charge in [-0.3, -0.25) is 4.79 Å². The van der Waals surface area contributed by atoms with Crippen LogP contribution in [0.15, 0.2) is 23.1 Å². The van der Waals surface area contributed by atoms with E-state index in [9.17, 15) is 13.2 Å². The van der Waals surface area contributed by atoms with Crippen LogP contribution in [0.2, 0.25) is 0 Å². The first-order valence-corrected chi connectivity index (χ1v) is 8.37. The van der Waals surface area contributed by atoms with Crippen LogP contribution in [0.1, 0.15) is 31.2 Å². The van der Waals surface area contributed by atoms with Crippen molar-refractivity contribution in [2.75, 3.05) is 6.61 Å². The van der Waals surface area contributed by atoms with Crippen molar-refractivity contribution in [1.82, 2.24) is 4.72 Å². The smallest absolute Gasteiger partial charge is 0.267 e. The van der Waals surface area contributed by atoms with Crippen molar-refractivity contribution in [2.45, 2.75) is 37.0 Å². The fourth-order valence-electron chi connectivity index (χ4n) is 2.51. The molecule has 1 aromatic carbocycles. The number of carbonyl (C=O) groups is 1. The summed E-state index contributed by atoms with van der Waals surface area (Å²) in [5, 5.41) is 0. The molecule has 3 rings (SSSR count). The quantitative estimate of drug-likeness (QED) is 0.919. The van der Waals surface area contributed by atoms with Gasteiger partial charge in [-0.05, 0) is 37.3 Å². The molecular weight excluding hydrogens is 278 g/mol. The minimum Gasteiger partial charge on any atom is -0.492 e. The number of ether oxygens (including phenoxy) is 1. The van der Waals surface area contributed by atoms with Gasteiger partial charge >= 0.3 is 0 Å². The maximum absolute atomic E-state index is 12.3. The number of fused-ring (bicyclic) bond motifs is 1. The highest BCUT2D eigenvalue weighted by Gasteiger charge is 2.31. The van der Waals surface area contributed by atoms with E-state index >= 15 is 0 Å². The van der Waals surface area contributed by atoms with Gasteiger partial charge in [0.1, 0.15) is 10.6 Å². The van der Waals surface area contributed by atoms with Crippen molar-refractivity contribution in [1.29, 1.82) is 0 Å². The second kappa shape index (κ2) is 5.09. The Morgan fingerprint density at radius 2 is 2.05 bits per heavy atom. The average Bonchev–Trinajstić information content (AvgIpc) is 2.35. The summed E-state index contributed by atoms with van der Waals surface area (Å²) in [5.41, 5.74) is 0.884. The summed E-state index contributed by atoms with van der Waals surface area (Å²) in [6.45, 7) is 0.510. The lowest BCUT2D eigenvalue weighted by molar-refractivity contribution is -0.125. The fourth-order valence-corrected chi connectivity index (χ4v) is 3.74. The van der Waals surface area contributed by atoms with Gasteiger partial charge in [-0.25, -0.2) is 13.1 Å². The molecule has 0 saturated heterocycles. The number of sulfonamides is 1. The van der Waals surface area contributed by atoms with Crippen LogP contribution in [0.5, 0.6) is 5.75 Å². The van der Waals surface area contributed by atoms with Crippen LogP contribution in [0.25, 0.3) is 0 Å². The molecule has 5 nitrogen and oxygen atoms in total. The summed E-state index contributed by atoms with van der Waals surface area (Å²) >= 11 is 0.